The fourth-order valence-corrected chi connectivity index (χ4v) is 3.32. The second-order valence-electron chi connectivity index (χ2n) is 7.83. The van der Waals surface area contributed by atoms with Crippen LogP contribution in [0, 0.1) is 0 Å². The van der Waals surface area contributed by atoms with Crippen molar-refractivity contribution in [3.63, 3.8) is 0 Å². The molecular formula is C24H29N5O6. The number of carbonyl (C=O) groups excluding carboxylic acids is 4. The minimum Gasteiger partial charge on any atom is -0.480 e. The summed E-state index contributed by atoms with van der Waals surface area (Å²) in [5.74, 6) is -4.39. The van der Waals surface area contributed by atoms with Crippen molar-refractivity contribution < 1.29 is 29.1 Å². The van der Waals surface area contributed by atoms with Crippen molar-refractivity contribution in [3.8, 4) is 0 Å². The van der Waals surface area contributed by atoms with Crippen molar-refractivity contribution in [2.45, 2.75) is 37.4 Å². The van der Waals surface area contributed by atoms with E-state index in [2.05, 4.69) is 16.0 Å². The van der Waals surface area contributed by atoms with E-state index >= 15 is 0 Å². The highest BCUT2D eigenvalue weighted by Crippen LogP contribution is 2.08. The maximum absolute atomic E-state index is 13.2. The van der Waals surface area contributed by atoms with Gasteiger partial charge in [0.05, 0.1) is 13.0 Å². The van der Waals surface area contributed by atoms with Crippen molar-refractivity contribution in [2.75, 3.05) is 6.54 Å². The first kappa shape index (κ1) is 27.0. The number of nitrogens with one attached hydrogen (secondary N) is 3. The molecule has 11 heteroatoms. The molecule has 2 rings (SSSR count). The summed E-state index contributed by atoms with van der Waals surface area (Å²) in [6.07, 6.45) is -0.446. The van der Waals surface area contributed by atoms with E-state index < -0.39 is 54.1 Å². The predicted molar refractivity (Wildman–Crippen MR) is 127 cm³/mol. The molecule has 3 unspecified atom stereocenters. The molecule has 0 heterocycles. The number of aliphatic carboxylic acids is 1. The van der Waals surface area contributed by atoms with Crippen LogP contribution in [0.1, 0.15) is 17.5 Å². The standard InChI is InChI=1S/C24H29N5O6/c25-14-21(31)27-17(11-15-7-3-1-4-8-15)22(32)28-18(12-16-9-5-2-6-10-16)23(33)29-19(24(34)35)13-20(26)30/h1-10,17-19H,11-14,25H2,(H2,26,30)(H,27,31)(H,28,32)(H,29,33)(H,34,35). The second-order valence-corrected chi connectivity index (χ2v) is 7.83. The summed E-state index contributed by atoms with van der Waals surface area (Å²) in [4.78, 5) is 60.8. The Morgan fingerprint density at radius 2 is 1.14 bits per heavy atom. The molecule has 0 aliphatic rings. The number of nitrogens with two attached hydrogens (primary N) is 2. The van der Waals surface area contributed by atoms with Crippen LogP contribution in [0.3, 0.4) is 0 Å². The number of carbonyl (C=O) groups is 5. The highest BCUT2D eigenvalue weighted by molar-refractivity contribution is 5.94. The topological polar surface area (TPSA) is 194 Å². The van der Waals surface area contributed by atoms with Crippen molar-refractivity contribution in [3.05, 3.63) is 71.8 Å². The highest BCUT2D eigenvalue weighted by Gasteiger charge is 2.30. The van der Waals surface area contributed by atoms with Gasteiger partial charge < -0.3 is 32.5 Å². The third-order valence-corrected chi connectivity index (χ3v) is 5.06. The Balaban J connectivity index is 2.26. The normalized spacial score (nSPS) is 13.1. The first-order valence-corrected chi connectivity index (χ1v) is 10.9. The van der Waals surface area contributed by atoms with Gasteiger partial charge in [-0.3, -0.25) is 19.2 Å². The summed E-state index contributed by atoms with van der Waals surface area (Å²) < 4.78 is 0. The number of carboxylic acids is 1. The summed E-state index contributed by atoms with van der Waals surface area (Å²) in [6.45, 7) is -0.333. The number of rotatable bonds is 13. The average molecular weight is 484 g/mol. The second kappa shape index (κ2) is 13.5. The van der Waals surface area contributed by atoms with Crippen LogP contribution in [0.4, 0.5) is 0 Å². The van der Waals surface area contributed by atoms with E-state index in [0.29, 0.717) is 5.56 Å². The van der Waals surface area contributed by atoms with Crippen LogP contribution < -0.4 is 27.4 Å². The molecule has 4 amide bonds. The van der Waals surface area contributed by atoms with Crippen LogP contribution >= 0.6 is 0 Å². The fourth-order valence-electron chi connectivity index (χ4n) is 3.32. The molecule has 0 saturated carbocycles. The van der Waals surface area contributed by atoms with E-state index in [1.807, 2.05) is 6.07 Å². The van der Waals surface area contributed by atoms with Gasteiger partial charge >= 0.3 is 5.97 Å². The molecule has 0 aliphatic carbocycles. The molecule has 0 saturated heterocycles. The summed E-state index contributed by atoms with van der Waals surface area (Å²) in [5, 5.41) is 16.7. The number of carboxylic acid groups (broad SMARTS) is 1. The van der Waals surface area contributed by atoms with Gasteiger partial charge in [-0.25, -0.2) is 4.79 Å². The first-order valence-electron chi connectivity index (χ1n) is 10.9. The average Bonchev–Trinajstić information content (AvgIpc) is 2.83. The van der Waals surface area contributed by atoms with Gasteiger partial charge in [0.2, 0.25) is 23.6 Å². The predicted octanol–water partition coefficient (Wildman–Crippen LogP) is -1.16. The lowest BCUT2D eigenvalue weighted by Crippen LogP contribution is -2.57. The van der Waals surface area contributed by atoms with Crippen LogP contribution in [0.2, 0.25) is 0 Å². The van der Waals surface area contributed by atoms with Crippen LogP contribution in [0.25, 0.3) is 0 Å². The van der Waals surface area contributed by atoms with Crippen molar-refractivity contribution in [1.82, 2.24) is 16.0 Å². The van der Waals surface area contributed by atoms with Crippen LogP contribution in [0.5, 0.6) is 0 Å². The number of hydrogen-bond donors (Lipinski definition) is 6. The molecule has 0 bridgehead atoms. The molecule has 0 fully saturated rings. The zero-order chi connectivity index (χ0) is 25.8. The number of primary amides is 1. The summed E-state index contributed by atoms with van der Waals surface area (Å²) >= 11 is 0. The van der Waals surface area contributed by atoms with E-state index in [0.717, 1.165) is 5.56 Å². The molecule has 0 radical (unpaired) electrons. The molecule has 0 aliphatic heterocycles. The molecule has 186 valence electrons. The van der Waals surface area contributed by atoms with E-state index in [-0.39, 0.29) is 19.4 Å². The lowest BCUT2D eigenvalue weighted by Gasteiger charge is -2.24. The van der Waals surface area contributed by atoms with Gasteiger partial charge in [-0.1, -0.05) is 60.7 Å². The first-order chi connectivity index (χ1) is 16.7. The molecule has 0 spiro atoms. The Kier molecular flexibility index (Phi) is 10.4. The van der Waals surface area contributed by atoms with Crippen LogP contribution in [-0.4, -0.2) is 59.4 Å². The molecule has 11 nitrogen and oxygen atoms in total. The monoisotopic (exact) mass is 483 g/mol. The summed E-state index contributed by atoms with van der Waals surface area (Å²) in [6, 6.07) is 13.9. The van der Waals surface area contributed by atoms with Crippen molar-refractivity contribution >= 4 is 29.6 Å². The smallest absolute Gasteiger partial charge is 0.326 e. The molecule has 8 N–H and O–H groups in total. The zero-order valence-electron chi connectivity index (χ0n) is 19.0. The Morgan fingerprint density at radius 3 is 1.54 bits per heavy atom. The maximum Gasteiger partial charge on any atom is 0.326 e. The van der Waals surface area contributed by atoms with Gasteiger partial charge in [-0.15, -0.1) is 0 Å². The highest BCUT2D eigenvalue weighted by atomic mass is 16.4. The third kappa shape index (κ3) is 9.26. The van der Waals surface area contributed by atoms with Gasteiger partial charge in [-0.05, 0) is 11.1 Å². The van der Waals surface area contributed by atoms with Gasteiger partial charge in [0.15, 0.2) is 0 Å². The minimum absolute atomic E-state index is 0.0320. The van der Waals surface area contributed by atoms with Crippen LogP contribution in [0.15, 0.2) is 60.7 Å². The van der Waals surface area contributed by atoms with E-state index in [1.165, 1.54) is 0 Å². The zero-order valence-corrected chi connectivity index (χ0v) is 19.0. The maximum atomic E-state index is 13.2. The molecular weight excluding hydrogens is 454 g/mol. The Hall–Kier alpha value is -4.25. The molecule has 3 atom stereocenters. The number of benzene rings is 2. The third-order valence-electron chi connectivity index (χ3n) is 5.06. The molecule has 2 aromatic carbocycles. The van der Waals surface area contributed by atoms with Crippen molar-refractivity contribution in [2.24, 2.45) is 11.5 Å². The molecule has 0 aromatic heterocycles. The lowest BCUT2D eigenvalue weighted by molar-refractivity contribution is -0.143. The summed E-state index contributed by atoms with van der Waals surface area (Å²) in [7, 11) is 0. The largest absolute Gasteiger partial charge is 0.480 e. The van der Waals surface area contributed by atoms with E-state index in [4.69, 9.17) is 11.5 Å². The van der Waals surface area contributed by atoms with Crippen molar-refractivity contribution in [1.29, 1.82) is 0 Å². The minimum atomic E-state index is -1.56. The summed E-state index contributed by atoms with van der Waals surface area (Å²) in [5.41, 5.74) is 11.9. The Morgan fingerprint density at radius 1 is 0.714 bits per heavy atom. The van der Waals surface area contributed by atoms with Gasteiger partial charge in [0.1, 0.15) is 18.1 Å². The quantitative estimate of drug-likeness (QED) is 0.207. The van der Waals surface area contributed by atoms with Gasteiger partial charge in [0.25, 0.3) is 0 Å². The molecule has 35 heavy (non-hydrogen) atoms. The fraction of sp³-hybridized carbons (Fsp3) is 0.292. The van der Waals surface area contributed by atoms with E-state index in [9.17, 15) is 29.1 Å². The lowest BCUT2D eigenvalue weighted by atomic mass is 10.0. The SMILES string of the molecule is NCC(=O)NC(Cc1ccccc1)C(=O)NC(Cc1ccccc1)C(=O)NC(CC(N)=O)C(=O)O. The number of hydrogen-bond acceptors (Lipinski definition) is 6. The Bertz CT molecular complexity index is 1030. The number of amides is 4. The van der Waals surface area contributed by atoms with Gasteiger partial charge in [0, 0.05) is 12.8 Å². The molecule has 2 aromatic rings. The van der Waals surface area contributed by atoms with E-state index in [1.54, 1.807) is 54.6 Å². The Labute approximate surface area is 202 Å². The van der Waals surface area contributed by atoms with Gasteiger partial charge in [-0.2, -0.15) is 0 Å². The van der Waals surface area contributed by atoms with Crippen LogP contribution in [-0.2, 0) is 36.8 Å².